The lowest BCUT2D eigenvalue weighted by Gasteiger charge is -2.24. The zero-order valence-corrected chi connectivity index (χ0v) is 13.3. The summed E-state index contributed by atoms with van der Waals surface area (Å²) in [5.74, 6) is 0.269. The smallest absolute Gasteiger partial charge is 0.253 e. The molecule has 7 nitrogen and oxygen atoms in total. The number of benzene rings is 1. The van der Waals surface area contributed by atoms with Gasteiger partial charge in [-0.05, 0) is 24.6 Å². The minimum Gasteiger partial charge on any atom is -0.381 e. The van der Waals surface area contributed by atoms with Gasteiger partial charge in [-0.3, -0.25) is 4.79 Å². The van der Waals surface area contributed by atoms with Gasteiger partial charge in [0.2, 0.25) is 0 Å². The number of aromatic nitrogens is 3. The molecule has 1 amide bonds. The zero-order valence-electron chi connectivity index (χ0n) is 13.3. The number of hydrogen-bond donors (Lipinski definition) is 0. The molecular formula is C17H19N5O2. The predicted octanol–water partition coefficient (Wildman–Crippen LogP) is 1.66. The first-order valence-corrected chi connectivity index (χ1v) is 7.98. The Hall–Kier alpha value is -2.72. The lowest BCUT2D eigenvalue weighted by atomic mass is 10.1. The summed E-state index contributed by atoms with van der Waals surface area (Å²) < 4.78 is 7.01. The average Bonchev–Trinajstić information content (AvgIpc) is 3.31. The van der Waals surface area contributed by atoms with Gasteiger partial charge < -0.3 is 9.64 Å². The van der Waals surface area contributed by atoms with Gasteiger partial charge in [0.25, 0.3) is 5.91 Å². The lowest BCUT2D eigenvalue weighted by molar-refractivity contribution is 0.0724. The molecule has 1 aliphatic rings. The molecule has 2 aromatic rings. The highest BCUT2D eigenvalue weighted by molar-refractivity contribution is 5.94. The van der Waals surface area contributed by atoms with E-state index in [1.807, 2.05) is 12.1 Å². The fourth-order valence-corrected chi connectivity index (χ4v) is 2.81. The number of hydrogen-bond acceptors (Lipinski definition) is 5. The van der Waals surface area contributed by atoms with Crippen molar-refractivity contribution in [2.24, 2.45) is 5.92 Å². The first-order chi connectivity index (χ1) is 11.8. The number of amides is 1. The van der Waals surface area contributed by atoms with Crippen LogP contribution in [0.1, 0.15) is 23.2 Å². The first kappa shape index (κ1) is 16.1. The van der Waals surface area contributed by atoms with E-state index in [9.17, 15) is 4.79 Å². The van der Waals surface area contributed by atoms with Crippen molar-refractivity contribution >= 4 is 5.91 Å². The fourth-order valence-electron chi connectivity index (χ4n) is 2.81. The van der Waals surface area contributed by atoms with Crippen LogP contribution in [-0.2, 0) is 4.74 Å². The van der Waals surface area contributed by atoms with Gasteiger partial charge in [0, 0.05) is 31.2 Å². The van der Waals surface area contributed by atoms with Crippen molar-refractivity contribution < 1.29 is 9.53 Å². The minimum atomic E-state index is -0.0703. The van der Waals surface area contributed by atoms with Crippen LogP contribution < -0.4 is 0 Å². The van der Waals surface area contributed by atoms with Crippen LogP contribution in [0.4, 0.5) is 0 Å². The molecule has 0 aliphatic carbocycles. The van der Waals surface area contributed by atoms with Crippen LogP contribution in [0.25, 0.3) is 5.69 Å². The molecule has 1 aromatic heterocycles. The summed E-state index contributed by atoms with van der Waals surface area (Å²) in [6.45, 7) is 2.47. The van der Waals surface area contributed by atoms with Crippen molar-refractivity contribution in [3.63, 3.8) is 0 Å². The summed E-state index contributed by atoms with van der Waals surface area (Å²) in [4.78, 5) is 14.6. The molecule has 0 N–H and O–H groups in total. The standard InChI is InChI=1S/C17H19N5O2/c18-6-2-8-21(12-14-5-10-24-13-14)17(23)15-3-1-4-16(11-15)22-9-7-19-20-22/h1,3-4,7,9,11,14H,2,5,8,10,12-13H2/t14-/m0/s1. The Labute approximate surface area is 140 Å². The summed E-state index contributed by atoms with van der Waals surface area (Å²) in [5.41, 5.74) is 1.36. The van der Waals surface area contributed by atoms with Crippen molar-refractivity contribution in [3.8, 4) is 11.8 Å². The monoisotopic (exact) mass is 325 g/mol. The Kier molecular flexibility index (Phi) is 5.18. The van der Waals surface area contributed by atoms with Gasteiger partial charge >= 0.3 is 0 Å². The van der Waals surface area contributed by atoms with E-state index in [0.717, 1.165) is 18.7 Å². The van der Waals surface area contributed by atoms with Gasteiger partial charge in [-0.25, -0.2) is 4.68 Å². The summed E-state index contributed by atoms with van der Waals surface area (Å²) in [6.07, 6.45) is 4.60. The van der Waals surface area contributed by atoms with Crippen LogP contribution in [-0.4, -0.2) is 52.1 Å². The fraction of sp³-hybridized carbons (Fsp3) is 0.412. The molecule has 1 aromatic carbocycles. The van der Waals surface area contributed by atoms with E-state index in [4.69, 9.17) is 10.00 Å². The molecule has 124 valence electrons. The second kappa shape index (κ2) is 7.70. The van der Waals surface area contributed by atoms with Gasteiger partial charge in [-0.2, -0.15) is 5.26 Å². The molecule has 0 saturated carbocycles. The van der Waals surface area contributed by atoms with Crippen LogP contribution in [0.5, 0.6) is 0 Å². The van der Waals surface area contributed by atoms with Crippen LogP contribution in [0, 0.1) is 17.2 Å². The molecule has 0 spiro atoms. The van der Waals surface area contributed by atoms with E-state index >= 15 is 0 Å². The molecule has 1 fully saturated rings. The zero-order chi connectivity index (χ0) is 16.8. The van der Waals surface area contributed by atoms with Crippen LogP contribution in [0.15, 0.2) is 36.7 Å². The molecule has 24 heavy (non-hydrogen) atoms. The van der Waals surface area contributed by atoms with E-state index in [-0.39, 0.29) is 5.91 Å². The number of rotatable bonds is 6. The number of nitrogens with zero attached hydrogens (tertiary/aromatic N) is 5. The molecule has 1 atom stereocenters. The maximum atomic E-state index is 12.9. The van der Waals surface area contributed by atoms with Crippen LogP contribution in [0.3, 0.4) is 0 Å². The second-order valence-electron chi connectivity index (χ2n) is 5.79. The van der Waals surface area contributed by atoms with Gasteiger partial charge in [-0.1, -0.05) is 11.3 Å². The van der Waals surface area contributed by atoms with Crippen LogP contribution in [0.2, 0.25) is 0 Å². The van der Waals surface area contributed by atoms with Crippen molar-refractivity contribution in [1.29, 1.82) is 5.26 Å². The number of nitriles is 1. The summed E-state index contributed by atoms with van der Waals surface area (Å²) in [5, 5.41) is 16.6. The summed E-state index contributed by atoms with van der Waals surface area (Å²) in [7, 11) is 0. The third-order valence-electron chi connectivity index (χ3n) is 4.06. The number of carbonyl (C=O) groups is 1. The molecular weight excluding hydrogens is 306 g/mol. The highest BCUT2D eigenvalue weighted by atomic mass is 16.5. The van der Waals surface area contributed by atoms with E-state index in [1.165, 1.54) is 0 Å². The Bertz CT molecular complexity index is 717. The van der Waals surface area contributed by atoms with E-state index in [1.54, 1.807) is 34.1 Å². The average molecular weight is 325 g/mol. The molecule has 0 unspecified atom stereocenters. The van der Waals surface area contributed by atoms with E-state index < -0.39 is 0 Å². The van der Waals surface area contributed by atoms with Crippen molar-refractivity contribution in [3.05, 3.63) is 42.2 Å². The molecule has 1 aliphatic heterocycles. The quantitative estimate of drug-likeness (QED) is 0.806. The predicted molar refractivity (Wildman–Crippen MR) is 86.4 cm³/mol. The van der Waals surface area contributed by atoms with Gasteiger partial charge in [-0.15, -0.1) is 5.10 Å². The second-order valence-corrected chi connectivity index (χ2v) is 5.79. The van der Waals surface area contributed by atoms with E-state index in [2.05, 4.69) is 16.4 Å². The largest absolute Gasteiger partial charge is 0.381 e. The molecule has 3 rings (SSSR count). The normalized spacial score (nSPS) is 16.7. The van der Waals surface area contributed by atoms with E-state index in [0.29, 0.717) is 37.6 Å². The van der Waals surface area contributed by atoms with Crippen LogP contribution >= 0.6 is 0 Å². The topological polar surface area (TPSA) is 84.0 Å². The molecule has 2 heterocycles. The van der Waals surface area contributed by atoms with Gasteiger partial charge in [0.15, 0.2) is 0 Å². The maximum Gasteiger partial charge on any atom is 0.253 e. The Balaban J connectivity index is 1.78. The van der Waals surface area contributed by atoms with Crippen molar-refractivity contribution in [2.45, 2.75) is 12.8 Å². The minimum absolute atomic E-state index is 0.0703. The van der Waals surface area contributed by atoms with Gasteiger partial charge in [0.1, 0.15) is 0 Å². The van der Waals surface area contributed by atoms with Gasteiger partial charge in [0.05, 0.1) is 37.2 Å². The first-order valence-electron chi connectivity index (χ1n) is 7.98. The highest BCUT2D eigenvalue weighted by Crippen LogP contribution is 2.17. The lowest BCUT2D eigenvalue weighted by Crippen LogP contribution is -2.36. The maximum absolute atomic E-state index is 12.9. The Morgan fingerprint density at radius 2 is 2.42 bits per heavy atom. The molecule has 7 heteroatoms. The summed E-state index contributed by atoms with van der Waals surface area (Å²) >= 11 is 0. The number of carbonyl (C=O) groups excluding carboxylic acids is 1. The molecule has 1 saturated heterocycles. The SMILES string of the molecule is N#CCCN(C[C@@H]1CCOC1)C(=O)c1cccc(-n2ccnn2)c1. The molecule has 0 bridgehead atoms. The third-order valence-corrected chi connectivity index (χ3v) is 4.06. The third kappa shape index (κ3) is 3.78. The highest BCUT2D eigenvalue weighted by Gasteiger charge is 2.23. The van der Waals surface area contributed by atoms with Crippen molar-refractivity contribution in [1.82, 2.24) is 19.9 Å². The Morgan fingerprint density at radius 1 is 1.50 bits per heavy atom. The summed E-state index contributed by atoms with van der Waals surface area (Å²) in [6, 6.07) is 9.39. The molecule has 0 radical (unpaired) electrons. The van der Waals surface area contributed by atoms with Crippen molar-refractivity contribution in [2.75, 3.05) is 26.3 Å². The Morgan fingerprint density at radius 3 is 3.12 bits per heavy atom. The number of ether oxygens (including phenoxy) is 1.